The number of hydrogen-bond donors (Lipinski definition) is 1. The number of sulfonamides is 1. The number of aromatic nitrogens is 1. The van der Waals surface area contributed by atoms with Gasteiger partial charge in [-0.3, -0.25) is 19.7 Å². The molecule has 0 spiro atoms. The van der Waals surface area contributed by atoms with Crippen molar-refractivity contribution in [3.8, 4) is 11.3 Å². The minimum atomic E-state index is -3.96. The lowest BCUT2D eigenvalue weighted by molar-refractivity contribution is 0.0864. The number of thiazole rings is 1. The predicted octanol–water partition coefficient (Wildman–Crippen LogP) is 3.57. The van der Waals surface area contributed by atoms with Gasteiger partial charge in [-0.15, -0.1) is 0 Å². The van der Waals surface area contributed by atoms with E-state index in [0.29, 0.717) is 23.4 Å². The summed E-state index contributed by atoms with van der Waals surface area (Å²) in [5, 5.41) is 2.86. The zero-order valence-electron chi connectivity index (χ0n) is 16.9. The maximum Gasteiger partial charge on any atom is 0.269 e. The summed E-state index contributed by atoms with van der Waals surface area (Å²) in [6.07, 6.45) is 1.30. The van der Waals surface area contributed by atoms with E-state index in [2.05, 4.69) is 10.3 Å². The summed E-state index contributed by atoms with van der Waals surface area (Å²) < 4.78 is 26.6. The van der Waals surface area contributed by atoms with Gasteiger partial charge in [0, 0.05) is 24.1 Å². The molecule has 2 amide bonds. The summed E-state index contributed by atoms with van der Waals surface area (Å²) in [4.78, 5) is 42.1. The van der Waals surface area contributed by atoms with Gasteiger partial charge in [-0.1, -0.05) is 41.7 Å². The van der Waals surface area contributed by atoms with Gasteiger partial charge in [0.05, 0.1) is 16.1 Å². The first-order valence-corrected chi connectivity index (χ1v) is 12.1. The van der Waals surface area contributed by atoms with E-state index in [-0.39, 0.29) is 33.0 Å². The second kappa shape index (κ2) is 7.35. The molecule has 8 nitrogen and oxygen atoms in total. The topological polar surface area (TPSA) is 114 Å². The first-order chi connectivity index (χ1) is 15.3. The highest BCUT2D eigenvalue weighted by Gasteiger charge is 2.48. The van der Waals surface area contributed by atoms with E-state index < -0.39 is 21.8 Å². The third-order valence-corrected chi connectivity index (χ3v) is 8.25. The van der Waals surface area contributed by atoms with Crippen molar-refractivity contribution in [2.75, 3.05) is 5.32 Å². The van der Waals surface area contributed by atoms with Crippen LogP contribution in [0.4, 0.5) is 5.13 Å². The van der Waals surface area contributed by atoms with Crippen LogP contribution in [0.2, 0.25) is 0 Å². The lowest BCUT2D eigenvalue weighted by atomic mass is 10.1. The van der Waals surface area contributed by atoms with Crippen molar-refractivity contribution >= 4 is 44.1 Å². The number of nitrogens with one attached hydrogen (secondary N) is 1. The molecule has 10 heteroatoms. The molecule has 0 unspecified atom stereocenters. The van der Waals surface area contributed by atoms with Gasteiger partial charge in [-0.2, -0.15) is 0 Å². The van der Waals surface area contributed by atoms with Gasteiger partial charge in [0.2, 0.25) is 0 Å². The van der Waals surface area contributed by atoms with E-state index in [9.17, 15) is 22.8 Å². The number of carbonyl (C=O) groups is 3. The molecule has 1 aliphatic heterocycles. The molecule has 1 saturated carbocycles. The van der Waals surface area contributed by atoms with Crippen molar-refractivity contribution in [1.29, 1.82) is 0 Å². The summed E-state index contributed by atoms with van der Waals surface area (Å²) >= 11 is 1.05. The van der Waals surface area contributed by atoms with Crippen molar-refractivity contribution in [2.45, 2.75) is 30.7 Å². The number of anilines is 1. The van der Waals surface area contributed by atoms with E-state index in [4.69, 9.17) is 0 Å². The first kappa shape index (κ1) is 20.5. The Bertz CT molecular complexity index is 1390. The van der Waals surface area contributed by atoms with Crippen LogP contribution in [0, 0.1) is 0 Å². The van der Waals surface area contributed by atoms with E-state index in [0.717, 1.165) is 21.2 Å². The molecule has 1 N–H and O–H groups in total. The maximum absolute atomic E-state index is 12.8. The highest BCUT2D eigenvalue weighted by atomic mass is 32.2. The first-order valence-electron chi connectivity index (χ1n) is 9.88. The Balaban J connectivity index is 1.45. The molecule has 2 aromatic carbocycles. The molecule has 5 rings (SSSR count). The van der Waals surface area contributed by atoms with Crippen LogP contribution in [0.15, 0.2) is 53.4 Å². The van der Waals surface area contributed by atoms with Gasteiger partial charge in [0.25, 0.3) is 21.8 Å². The normalized spacial score (nSPS) is 16.7. The molecule has 0 bridgehead atoms. The molecule has 2 aliphatic rings. The summed E-state index contributed by atoms with van der Waals surface area (Å²) in [6.45, 7) is 1.43. The summed E-state index contributed by atoms with van der Waals surface area (Å²) in [6, 6.07) is 12.8. The summed E-state index contributed by atoms with van der Waals surface area (Å²) in [5.74, 6) is -1.30. The Morgan fingerprint density at radius 1 is 1.12 bits per heavy atom. The van der Waals surface area contributed by atoms with Gasteiger partial charge in [0.1, 0.15) is 4.90 Å². The highest BCUT2D eigenvalue weighted by molar-refractivity contribution is 7.90. The number of amides is 2. The van der Waals surface area contributed by atoms with Crippen LogP contribution in [-0.4, -0.2) is 41.3 Å². The van der Waals surface area contributed by atoms with Crippen molar-refractivity contribution in [3.63, 3.8) is 0 Å². The third-order valence-electron chi connectivity index (χ3n) is 5.30. The average Bonchev–Trinajstić information content (AvgIpc) is 3.46. The number of fused-ring (bicyclic) bond motifs is 1. The number of Topliss-reactive ketones (excluding diaryl/α,β-unsaturated/α-hetero) is 1. The molecule has 0 radical (unpaired) electrons. The van der Waals surface area contributed by atoms with E-state index >= 15 is 0 Å². The number of nitrogens with zero attached hydrogens (tertiary/aromatic N) is 2. The standard InChI is InChI=1S/C22H17N3O5S2/c1-12(26)19-18(13-5-3-2-4-6-13)23-22(31-19)24-20(27)14-7-10-16-17(11-14)32(29,30)25(21(16)28)15-8-9-15/h2-7,10-11,15H,8-9H2,1H3,(H,23,24,27). The third kappa shape index (κ3) is 3.32. The van der Waals surface area contributed by atoms with Crippen LogP contribution in [0.3, 0.4) is 0 Å². The smallest absolute Gasteiger partial charge is 0.269 e. The molecule has 2 heterocycles. The lowest BCUT2D eigenvalue weighted by Crippen LogP contribution is -2.31. The molecule has 32 heavy (non-hydrogen) atoms. The molecule has 162 valence electrons. The highest BCUT2D eigenvalue weighted by Crippen LogP contribution is 2.40. The largest absolute Gasteiger partial charge is 0.298 e. The second-order valence-corrected chi connectivity index (χ2v) is 10.4. The van der Waals surface area contributed by atoms with E-state index in [1.54, 1.807) is 0 Å². The monoisotopic (exact) mass is 467 g/mol. The van der Waals surface area contributed by atoms with E-state index in [1.165, 1.54) is 25.1 Å². The van der Waals surface area contributed by atoms with Gasteiger partial charge >= 0.3 is 0 Å². The molecular weight excluding hydrogens is 450 g/mol. The van der Waals surface area contributed by atoms with Crippen molar-refractivity contribution in [2.24, 2.45) is 0 Å². The Hall–Kier alpha value is -3.37. The SMILES string of the molecule is CC(=O)c1sc(NC(=O)c2ccc3c(c2)S(=O)(=O)N(C2CC2)C3=O)nc1-c1ccccc1. The number of ketones is 1. The molecule has 1 aliphatic carbocycles. The van der Waals surface area contributed by atoms with Crippen molar-refractivity contribution < 1.29 is 22.8 Å². The zero-order chi connectivity index (χ0) is 22.6. The average molecular weight is 468 g/mol. The second-order valence-electron chi connectivity index (χ2n) is 7.62. The Morgan fingerprint density at radius 3 is 2.50 bits per heavy atom. The van der Waals surface area contributed by atoms with Gasteiger partial charge in [-0.05, 0) is 31.0 Å². The van der Waals surface area contributed by atoms with Crippen LogP contribution in [0.25, 0.3) is 11.3 Å². The van der Waals surface area contributed by atoms with E-state index in [1.807, 2.05) is 30.3 Å². The minimum Gasteiger partial charge on any atom is -0.298 e. The van der Waals surface area contributed by atoms with Crippen molar-refractivity contribution in [3.05, 3.63) is 64.5 Å². The molecular formula is C22H17N3O5S2. The fraction of sp³-hybridized carbons (Fsp3) is 0.182. The zero-order valence-corrected chi connectivity index (χ0v) is 18.5. The molecule has 1 aromatic heterocycles. The van der Waals surface area contributed by atoms with Crippen molar-refractivity contribution in [1.82, 2.24) is 9.29 Å². The number of rotatable bonds is 5. The molecule has 1 fully saturated rings. The van der Waals surface area contributed by atoms with Crippen LogP contribution < -0.4 is 5.32 Å². The molecule has 0 atom stereocenters. The Morgan fingerprint density at radius 2 is 1.84 bits per heavy atom. The Kier molecular flexibility index (Phi) is 4.72. The minimum absolute atomic E-state index is 0.0768. The van der Waals surface area contributed by atoms with Crippen LogP contribution in [0.1, 0.15) is 50.2 Å². The van der Waals surface area contributed by atoms with Gasteiger partial charge in [0.15, 0.2) is 10.9 Å². The predicted molar refractivity (Wildman–Crippen MR) is 118 cm³/mol. The number of benzene rings is 2. The summed E-state index contributed by atoms with van der Waals surface area (Å²) in [5.41, 5.74) is 1.38. The quantitative estimate of drug-likeness (QED) is 0.574. The van der Waals surface area contributed by atoms with Gasteiger partial charge in [-0.25, -0.2) is 17.7 Å². The van der Waals surface area contributed by atoms with Crippen LogP contribution >= 0.6 is 11.3 Å². The summed E-state index contributed by atoms with van der Waals surface area (Å²) in [7, 11) is -3.96. The fourth-order valence-corrected chi connectivity index (χ4v) is 6.35. The molecule has 0 saturated heterocycles. The van der Waals surface area contributed by atoms with Crippen LogP contribution in [0.5, 0.6) is 0 Å². The molecule has 3 aromatic rings. The lowest BCUT2D eigenvalue weighted by Gasteiger charge is -2.13. The van der Waals surface area contributed by atoms with Gasteiger partial charge < -0.3 is 0 Å². The number of carbonyl (C=O) groups excluding carboxylic acids is 3. The maximum atomic E-state index is 12.8. The fourth-order valence-electron chi connectivity index (χ4n) is 3.63. The number of hydrogen-bond acceptors (Lipinski definition) is 7. The van der Waals surface area contributed by atoms with Crippen LogP contribution in [-0.2, 0) is 10.0 Å². The Labute approximate surface area is 188 Å².